The Morgan fingerprint density at radius 1 is 1.08 bits per heavy atom. The molecule has 1 fully saturated rings. The third-order valence-electron chi connectivity index (χ3n) is 6.20. The molecule has 1 saturated carbocycles. The Bertz CT molecular complexity index is 941. The predicted molar refractivity (Wildman–Crippen MR) is 111 cm³/mol. The molecule has 0 bridgehead atoms. The average molecular weight is 347 g/mol. The second-order valence-electron chi connectivity index (χ2n) is 8.17. The Balaban J connectivity index is 1.98. The van der Waals surface area contributed by atoms with Crippen LogP contribution in [0.1, 0.15) is 61.7 Å². The van der Waals surface area contributed by atoms with Gasteiger partial charge in [-0.15, -0.1) is 0 Å². The van der Waals surface area contributed by atoms with Gasteiger partial charge in [-0.25, -0.2) is 4.98 Å². The van der Waals surface area contributed by atoms with Gasteiger partial charge in [0.25, 0.3) is 0 Å². The second kappa shape index (κ2) is 6.57. The van der Waals surface area contributed by atoms with E-state index < -0.39 is 0 Å². The van der Waals surface area contributed by atoms with Crippen LogP contribution in [-0.2, 0) is 6.42 Å². The molecule has 4 rings (SSSR count). The minimum atomic E-state index is 0.602. The molecule has 0 aliphatic heterocycles. The fourth-order valence-corrected chi connectivity index (χ4v) is 5.10. The van der Waals surface area contributed by atoms with Gasteiger partial charge in [0, 0.05) is 18.0 Å². The highest BCUT2D eigenvalue weighted by atomic mass is 15.1. The zero-order valence-corrected chi connectivity index (χ0v) is 16.8. The molecular formula is C24H30N2. The van der Waals surface area contributed by atoms with E-state index >= 15 is 0 Å². The van der Waals surface area contributed by atoms with Crippen molar-refractivity contribution >= 4 is 11.0 Å². The molecule has 2 nitrogen and oxygen atoms in total. The van der Waals surface area contributed by atoms with Gasteiger partial charge in [0.05, 0.1) is 11.0 Å². The van der Waals surface area contributed by atoms with E-state index in [4.69, 9.17) is 4.98 Å². The highest BCUT2D eigenvalue weighted by molar-refractivity contribution is 5.94. The summed E-state index contributed by atoms with van der Waals surface area (Å²) in [5.41, 5.74) is 9.16. The van der Waals surface area contributed by atoms with E-state index in [9.17, 15) is 0 Å². The zero-order chi connectivity index (χ0) is 18.4. The van der Waals surface area contributed by atoms with Crippen molar-refractivity contribution < 1.29 is 0 Å². The van der Waals surface area contributed by atoms with E-state index in [1.165, 1.54) is 63.9 Å². The van der Waals surface area contributed by atoms with Gasteiger partial charge >= 0.3 is 0 Å². The molecule has 2 unspecified atom stereocenters. The van der Waals surface area contributed by atoms with Crippen LogP contribution in [0.3, 0.4) is 0 Å². The summed E-state index contributed by atoms with van der Waals surface area (Å²) in [5, 5.41) is 0. The monoisotopic (exact) mass is 346 g/mol. The van der Waals surface area contributed by atoms with Crippen LogP contribution in [0.2, 0.25) is 0 Å². The van der Waals surface area contributed by atoms with Gasteiger partial charge in [-0.2, -0.15) is 0 Å². The normalized spacial score (nSPS) is 20.2. The second-order valence-corrected chi connectivity index (χ2v) is 8.17. The molecule has 2 heteroatoms. The lowest BCUT2D eigenvalue weighted by atomic mass is 9.93. The SMILES string of the molecule is CCc1nc2c(-c3c(C)cc(C)cc3C)cccc2n1C1CCCC1C. The molecular weight excluding hydrogens is 316 g/mol. The molecule has 2 atom stereocenters. The molecule has 1 aliphatic rings. The summed E-state index contributed by atoms with van der Waals surface area (Å²) in [4.78, 5) is 5.15. The lowest BCUT2D eigenvalue weighted by Crippen LogP contribution is -2.14. The molecule has 1 aromatic heterocycles. The van der Waals surface area contributed by atoms with E-state index in [2.05, 4.69) is 69.5 Å². The Morgan fingerprint density at radius 2 is 1.81 bits per heavy atom. The van der Waals surface area contributed by atoms with Gasteiger partial charge in [0.1, 0.15) is 5.82 Å². The molecule has 0 amide bonds. The smallest absolute Gasteiger partial charge is 0.109 e. The Labute approximate surface area is 157 Å². The first-order chi connectivity index (χ1) is 12.5. The maximum atomic E-state index is 5.15. The van der Waals surface area contributed by atoms with E-state index in [1.807, 2.05) is 0 Å². The first-order valence-electron chi connectivity index (χ1n) is 10.1. The maximum absolute atomic E-state index is 5.15. The van der Waals surface area contributed by atoms with Crippen molar-refractivity contribution in [1.29, 1.82) is 0 Å². The molecule has 26 heavy (non-hydrogen) atoms. The standard InChI is InChI=1S/C24H30N2/c1-6-22-25-24-19(23-17(4)13-15(2)14-18(23)5)10-8-12-21(24)26(22)20-11-7-9-16(20)3/h8,10,12-14,16,20H,6-7,9,11H2,1-5H3. The van der Waals surface area contributed by atoms with E-state index in [-0.39, 0.29) is 0 Å². The number of hydrogen-bond acceptors (Lipinski definition) is 1. The van der Waals surface area contributed by atoms with E-state index in [0.29, 0.717) is 6.04 Å². The number of nitrogens with zero attached hydrogens (tertiary/aromatic N) is 2. The number of imidazole rings is 1. The van der Waals surface area contributed by atoms with Crippen molar-refractivity contribution in [3.05, 3.63) is 52.8 Å². The zero-order valence-electron chi connectivity index (χ0n) is 16.8. The van der Waals surface area contributed by atoms with Gasteiger partial charge in [-0.1, -0.05) is 50.1 Å². The fraction of sp³-hybridized carbons (Fsp3) is 0.458. The molecule has 136 valence electrons. The first kappa shape index (κ1) is 17.3. The summed E-state index contributed by atoms with van der Waals surface area (Å²) < 4.78 is 2.56. The molecule has 1 heterocycles. The number of aromatic nitrogens is 2. The Hall–Kier alpha value is -2.09. The quantitative estimate of drug-likeness (QED) is 0.525. The molecule has 0 radical (unpaired) electrons. The van der Waals surface area contributed by atoms with Gasteiger partial charge < -0.3 is 4.57 Å². The molecule has 2 aromatic carbocycles. The number of aryl methyl sites for hydroxylation is 4. The van der Waals surface area contributed by atoms with Crippen LogP contribution >= 0.6 is 0 Å². The lowest BCUT2D eigenvalue weighted by molar-refractivity contribution is 0.406. The van der Waals surface area contributed by atoms with Crippen LogP contribution in [-0.4, -0.2) is 9.55 Å². The topological polar surface area (TPSA) is 17.8 Å². The van der Waals surface area contributed by atoms with Crippen molar-refractivity contribution in [2.24, 2.45) is 5.92 Å². The molecule has 0 saturated heterocycles. The van der Waals surface area contributed by atoms with Crippen LogP contribution in [0.15, 0.2) is 30.3 Å². The average Bonchev–Trinajstić information content (AvgIpc) is 3.17. The van der Waals surface area contributed by atoms with Gasteiger partial charge in [-0.05, 0) is 62.3 Å². The van der Waals surface area contributed by atoms with Crippen LogP contribution in [0.25, 0.3) is 22.2 Å². The van der Waals surface area contributed by atoms with Gasteiger partial charge in [0.15, 0.2) is 0 Å². The molecule has 3 aromatic rings. The number of para-hydroxylation sites is 1. The third kappa shape index (κ3) is 2.67. The first-order valence-corrected chi connectivity index (χ1v) is 10.1. The summed E-state index contributed by atoms with van der Waals surface area (Å²) in [6, 6.07) is 11.9. The summed E-state index contributed by atoms with van der Waals surface area (Å²) in [5.74, 6) is 1.98. The van der Waals surface area contributed by atoms with Crippen molar-refractivity contribution in [2.45, 2.75) is 66.3 Å². The fourth-order valence-electron chi connectivity index (χ4n) is 5.10. The van der Waals surface area contributed by atoms with E-state index in [0.717, 1.165) is 12.3 Å². The number of hydrogen-bond donors (Lipinski definition) is 0. The number of fused-ring (bicyclic) bond motifs is 1. The Morgan fingerprint density at radius 3 is 2.42 bits per heavy atom. The van der Waals surface area contributed by atoms with Crippen LogP contribution < -0.4 is 0 Å². The number of rotatable bonds is 3. The summed E-state index contributed by atoms with van der Waals surface area (Å²) in [6.45, 7) is 11.3. The summed E-state index contributed by atoms with van der Waals surface area (Å²) in [6.07, 6.45) is 4.95. The van der Waals surface area contributed by atoms with Crippen LogP contribution in [0.4, 0.5) is 0 Å². The highest BCUT2D eigenvalue weighted by Gasteiger charge is 2.28. The third-order valence-corrected chi connectivity index (χ3v) is 6.20. The lowest BCUT2D eigenvalue weighted by Gasteiger charge is -2.21. The Kier molecular flexibility index (Phi) is 4.38. The minimum Gasteiger partial charge on any atom is -0.325 e. The van der Waals surface area contributed by atoms with Gasteiger partial charge in [-0.3, -0.25) is 0 Å². The minimum absolute atomic E-state index is 0.602. The molecule has 0 spiro atoms. The van der Waals surface area contributed by atoms with Crippen molar-refractivity contribution in [2.75, 3.05) is 0 Å². The highest BCUT2D eigenvalue weighted by Crippen LogP contribution is 2.40. The van der Waals surface area contributed by atoms with Crippen molar-refractivity contribution in [1.82, 2.24) is 9.55 Å². The summed E-state index contributed by atoms with van der Waals surface area (Å²) >= 11 is 0. The largest absolute Gasteiger partial charge is 0.325 e. The van der Waals surface area contributed by atoms with Gasteiger partial charge in [0.2, 0.25) is 0 Å². The van der Waals surface area contributed by atoms with E-state index in [1.54, 1.807) is 0 Å². The van der Waals surface area contributed by atoms with Crippen LogP contribution in [0.5, 0.6) is 0 Å². The van der Waals surface area contributed by atoms with Crippen LogP contribution in [0, 0.1) is 26.7 Å². The van der Waals surface area contributed by atoms with Crippen molar-refractivity contribution in [3.63, 3.8) is 0 Å². The number of benzene rings is 2. The maximum Gasteiger partial charge on any atom is 0.109 e. The van der Waals surface area contributed by atoms with Crippen molar-refractivity contribution in [3.8, 4) is 11.1 Å². The molecule has 1 aliphatic carbocycles. The molecule has 0 N–H and O–H groups in total. The predicted octanol–water partition coefficient (Wildman–Crippen LogP) is 6.55. The summed E-state index contributed by atoms with van der Waals surface area (Å²) in [7, 11) is 0.